The number of benzene rings is 1. The molecule has 4 heteroatoms. The molecular formula is C13H18N2O2. The van der Waals surface area contributed by atoms with Gasteiger partial charge in [0, 0.05) is 6.54 Å². The zero-order valence-electron chi connectivity index (χ0n) is 9.84. The molecule has 1 aliphatic rings. The summed E-state index contributed by atoms with van der Waals surface area (Å²) in [6.07, 6.45) is 0.828. The van der Waals surface area contributed by atoms with Gasteiger partial charge in [0.05, 0.1) is 12.6 Å². The molecule has 0 saturated carbocycles. The molecule has 0 spiro atoms. The molecule has 1 saturated heterocycles. The summed E-state index contributed by atoms with van der Waals surface area (Å²) < 4.78 is 5.34. The van der Waals surface area contributed by atoms with Gasteiger partial charge in [0.1, 0.15) is 6.61 Å². The summed E-state index contributed by atoms with van der Waals surface area (Å²) in [6.45, 7) is 2.07. The second-order valence-electron chi connectivity index (χ2n) is 4.17. The van der Waals surface area contributed by atoms with E-state index in [4.69, 9.17) is 10.5 Å². The molecule has 1 aromatic rings. The molecule has 2 rings (SSSR count). The fraction of sp³-hybridized carbons (Fsp3) is 0.462. The van der Waals surface area contributed by atoms with Crippen LogP contribution in [0.15, 0.2) is 30.3 Å². The van der Waals surface area contributed by atoms with Crippen LogP contribution in [0.2, 0.25) is 0 Å². The average Bonchev–Trinajstić information content (AvgIpc) is 2.38. The predicted molar refractivity (Wildman–Crippen MR) is 65.4 cm³/mol. The lowest BCUT2D eigenvalue weighted by Gasteiger charge is -2.35. The van der Waals surface area contributed by atoms with Gasteiger partial charge >= 0.3 is 0 Å². The number of carbonyl (C=O) groups is 1. The second kappa shape index (κ2) is 5.80. The minimum absolute atomic E-state index is 0.0315. The molecule has 0 radical (unpaired) electrons. The van der Waals surface area contributed by atoms with Crippen LogP contribution in [0.3, 0.4) is 0 Å². The van der Waals surface area contributed by atoms with Crippen molar-refractivity contribution in [3.05, 3.63) is 35.9 Å². The largest absolute Gasteiger partial charge is 0.369 e. The van der Waals surface area contributed by atoms with Crippen LogP contribution in [0, 0.1) is 0 Å². The van der Waals surface area contributed by atoms with Crippen molar-refractivity contribution in [1.82, 2.24) is 4.90 Å². The average molecular weight is 234 g/mol. The molecule has 1 unspecified atom stereocenters. The highest BCUT2D eigenvalue weighted by Gasteiger charge is 2.29. The molecule has 92 valence electrons. The third kappa shape index (κ3) is 2.84. The first-order chi connectivity index (χ1) is 8.33. The van der Waals surface area contributed by atoms with Crippen LogP contribution in [-0.4, -0.2) is 37.1 Å². The quantitative estimate of drug-likeness (QED) is 0.843. The Labute approximate surface area is 101 Å². The first kappa shape index (κ1) is 12.1. The molecule has 1 aliphatic heterocycles. The smallest absolute Gasteiger partial charge is 0.249 e. The van der Waals surface area contributed by atoms with Crippen LogP contribution in [0.4, 0.5) is 0 Å². The Hall–Kier alpha value is -1.39. The van der Waals surface area contributed by atoms with Crippen molar-refractivity contribution in [3.8, 4) is 0 Å². The maximum absolute atomic E-state index is 11.8. The molecular weight excluding hydrogens is 216 g/mol. The molecule has 1 heterocycles. The Bertz CT molecular complexity index is 367. The Kier molecular flexibility index (Phi) is 4.12. The summed E-state index contributed by atoms with van der Waals surface area (Å²) in [5, 5.41) is 0. The molecule has 0 bridgehead atoms. The molecule has 2 N–H and O–H groups in total. The van der Waals surface area contributed by atoms with Gasteiger partial charge in [-0.3, -0.25) is 4.79 Å². The van der Waals surface area contributed by atoms with Gasteiger partial charge < -0.3 is 15.4 Å². The van der Waals surface area contributed by atoms with Crippen molar-refractivity contribution >= 4 is 5.91 Å². The molecule has 17 heavy (non-hydrogen) atoms. The summed E-state index contributed by atoms with van der Waals surface area (Å²) in [5.74, 6) is 0.0542. The zero-order chi connectivity index (χ0) is 12.1. The van der Waals surface area contributed by atoms with E-state index in [1.165, 1.54) is 0 Å². The van der Waals surface area contributed by atoms with Gasteiger partial charge in [0.25, 0.3) is 0 Å². The molecule has 4 nitrogen and oxygen atoms in total. The third-order valence-electron chi connectivity index (χ3n) is 2.99. The van der Waals surface area contributed by atoms with E-state index in [2.05, 4.69) is 0 Å². The van der Waals surface area contributed by atoms with Crippen molar-refractivity contribution < 1.29 is 9.53 Å². The minimum Gasteiger partial charge on any atom is -0.369 e. The van der Waals surface area contributed by atoms with Crippen molar-refractivity contribution in [2.75, 3.05) is 26.3 Å². The van der Waals surface area contributed by atoms with Crippen molar-refractivity contribution in [3.63, 3.8) is 0 Å². The standard InChI is InChI=1S/C13H18N2O2/c14-7-4-8-15-12(9-17-10-13(15)16)11-5-2-1-3-6-11/h1-3,5-6,12H,4,7-10,14H2. The van der Waals surface area contributed by atoms with E-state index in [1.807, 2.05) is 35.2 Å². The van der Waals surface area contributed by atoms with Gasteiger partial charge in [0.2, 0.25) is 5.91 Å². The number of morpholine rings is 1. The van der Waals surface area contributed by atoms with Gasteiger partial charge in [-0.05, 0) is 18.5 Å². The summed E-state index contributed by atoms with van der Waals surface area (Å²) in [7, 11) is 0. The molecule has 0 aromatic heterocycles. The van der Waals surface area contributed by atoms with Crippen LogP contribution < -0.4 is 5.73 Å². The molecule has 1 atom stereocenters. The summed E-state index contributed by atoms with van der Waals surface area (Å²) in [5.41, 5.74) is 6.63. The van der Waals surface area contributed by atoms with E-state index in [1.54, 1.807) is 0 Å². The number of amides is 1. The fourth-order valence-corrected chi connectivity index (χ4v) is 2.10. The van der Waals surface area contributed by atoms with Gasteiger partial charge in [-0.15, -0.1) is 0 Å². The third-order valence-corrected chi connectivity index (χ3v) is 2.99. The van der Waals surface area contributed by atoms with E-state index in [0.717, 1.165) is 12.0 Å². The number of nitrogens with two attached hydrogens (primary N) is 1. The van der Waals surface area contributed by atoms with Crippen LogP contribution >= 0.6 is 0 Å². The molecule has 1 aromatic carbocycles. The predicted octanol–water partition coefficient (Wildman–Crippen LogP) is 0.935. The summed E-state index contributed by atoms with van der Waals surface area (Å²) in [6, 6.07) is 10.0. The first-order valence-electron chi connectivity index (χ1n) is 5.95. The number of hydrogen-bond acceptors (Lipinski definition) is 3. The van der Waals surface area contributed by atoms with Gasteiger partial charge in [0.15, 0.2) is 0 Å². The number of ether oxygens (including phenoxy) is 1. The number of rotatable bonds is 4. The Morgan fingerprint density at radius 2 is 2.12 bits per heavy atom. The first-order valence-corrected chi connectivity index (χ1v) is 5.95. The highest BCUT2D eigenvalue weighted by molar-refractivity contribution is 5.78. The Balaban J connectivity index is 2.14. The highest BCUT2D eigenvalue weighted by atomic mass is 16.5. The van der Waals surface area contributed by atoms with E-state index in [-0.39, 0.29) is 18.6 Å². The van der Waals surface area contributed by atoms with E-state index in [9.17, 15) is 4.79 Å². The van der Waals surface area contributed by atoms with Crippen molar-refractivity contribution in [2.45, 2.75) is 12.5 Å². The van der Waals surface area contributed by atoms with Crippen molar-refractivity contribution in [1.29, 1.82) is 0 Å². The summed E-state index contributed by atoms with van der Waals surface area (Å²) in [4.78, 5) is 13.7. The maximum atomic E-state index is 11.8. The van der Waals surface area contributed by atoms with Crippen LogP contribution in [-0.2, 0) is 9.53 Å². The van der Waals surface area contributed by atoms with E-state index >= 15 is 0 Å². The van der Waals surface area contributed by atoms with Gasteiger partial charge in [-0.2, -0.15) is 0 Å². The number of carbonyl (C=O) groups excluding carboxylic acids is 1. The lowest BCUT2D eigenvalue weighted by Crippen LogP contribution is -2.44. The lowest BCUT2D eigenvalue weighted by molar-refractivity contribution is -0.148. The van der Waals surface area contributed by atoms with Gasteiger partial charge in [-0.1, -0.05) is 30.3 Å². The fourth-order valence-electron chi connectivity index (χ4n) is 2.10. The zero-order valence-corrected chi connectivity index (χ0v) is 9.84. The van der Waals surface area contributed by atoms with Crippen LogP contribution in [0.1, 0.15) is 18.0 Å². The Morgan fingerprint density at radius 3 is 2.82 bits per heavy atom. The molecule has 0 aliphatic carbocycles. The SMILES string of the molecule is NCCCN1C(=O)COCC1c1ccccc1. The minimum atomic E-state index is 0.0315. The molecule has 1 amide bonds. The summed E-state index contributed by atoms with van der Waals surface area (Å²) >= 11 is 0. The highest BCUT2D eigenvalue weighted by Crippen LogP contribution is 2.24. The van der Waals surface area contributed by atoms with Crippen molar-refractivity contribution in [2.24, 2.45) is 5.73 Å². The topological polar surface area (TPSA) is 55.6 Å². The Morgan fingerprint density at radius 1 is 1.35 bits per heavy atom. The maximum Gasteiger partial charge on any atom is 0.249 e. The van der Waals surface area contributed by atoms with Crippen LogP contribution in [0.25, 0.3) is 0 Å². The molecule has 1 fully saturated rings. The second-order valence-corrected chi connectivity index (χ2v) is 4.17. The number of hydrogen-bond donors (Lipinski definition) is 1. The monoisotopic (exact) mass is 234 g/mol. The van der Waals surface area contributed by atoms with Crippen LogP contribution in [0.5, 0.6) is 0 Å². The van der Waals surface area contributed by atoms with E-state index < -0.39 is 0 Å². The lowest BCUT2D eigenvalue weighted by atomic mass is 10.0. The normalized spacial score (nSPS) is 20.6. The van der Waals surface area contributed by atoms with E-state index in [0.29, 0.717) is 19.7 Å². The number of nitrogens with zero attached hydrogens (tertiary/aromatic N) is 1. The van der Waals surface area contributed by atoms with Gasteiger partial charge in [-0.25, -0.2) is 0 Å².